The zero-order chi connectivity index (χ0) is 14.8. The third kappa shape index (κ3) is 3.79. The van der Waals surface area contributed by atoms with Crippen LogP contribution in [0.2, 0.25) is 0 Å². The molecular weight excluding hydrogens is 283 g/mol. The third-order valence-corrected chi connectivity index (χ3v) is 5.09. The predicted molar refractivity (Wildman–Crippen MR) is 73.6 cm³/mol. The molecule has 20 heavy (non-hydrogen) atoms. The Kier molecular flexibility index (Phi) is 4.42. The minimum Gasteiger partial charge on any atom is -0.497 e. The van der Waals surface area contributed by atoms with Crippen molar-refractivity contribution in [2.75, 3.05) is 12.9 Å². The summed E-state index contributed by atoms with van der Waals surface area (Å²) in [7, 11) is 0.196. The fraction of sp³-hybridized carbons (Fsp3) is 0.500. The summed E-state index contributed by atoms with van der Waals surface area (Å²) in [6.07, 6.45) is 1.62. The van der Waals surface area contributed by atoms with Crippen LogP contribution < -0.4 is 4.74 Å². The molecule has 1 aliphatic rings. The topological polar surface area (TPSA) is 63.6 Å². The first-order valence-corrected chi connectivity index (χ1v) is 7.82. The van der Waals surface area contributed by atoms with Gasteiger partial charge in [0.05, 0.1) is 19.3 Å². The monoisotopic (exact) mass is 300 g/mol. The van der Waals surface area contributed by atoms with Gasteiger partial charge in [-0.05, 0) is 24.3 Å². The molecule has 1 aliphatic carbocycles. The standard InChI is InChI=1S/C14H17FO4S/c1-19-11-3-2-10(12(15)6-11)8-20(18)9-14(4-5-14)7-13(16)17/h2-3,6H,4-5,7-9H2,1H3,(H,16,17). The Morgan fingerprint density at radius 2 is 2.20 bits per heavy atom. The maximum absolute atomic E-state index is 13.7. The highest BCUT2D eigenvalue weighted by Crippen LogP contribution is 2.49. The minimum absolute atomic E-state index is 0.0455. The molecule has 110 valence electrons. The van der Waals surface area contributed by atoms with Crippen molar-refractivity contribution >= 4 is 16.8 Å². The van der Waals surface area contributed by atoms with E-state index in [9.17, 15) is 13.4 Å². The fourth-order valence-corrected chi connectivity index (χ4v) is 3.96. The summed E-state index contributed by atoms with van der Waals surface area (Å²) >= 11 is 0. The van der Waals surface area contributed by atoms with Crippen LogP contribution in [0.15, 0.2) is 18.2 Å². The lowest BCUT2D eigenvalue weighted by atomic mass is 10.1. The molecule has 1 aromatic rings. The number of hydrogen-bond donors (Lipinski definition) is 1. The Balaban J connectivity index is 1.97. The number of carbonyl (C=O) groups is 1. The highest BCUT2D eigenvalue weighted by Gasteiger charge is 2.45. The highest BCUT2D eigenvalue weighted by atomic mass is 32.2. The molecule has 0 radical (unpaired) electrons. The quantitative estimate of drug-likeness (QED) is 0.839. The first kappa shape index (κ1) is 15.0. The molecular formula is C14H17FO4S. The van der Waals surface area contributed by atoms with Crippen LogP contribution in [0.5, 0.6) is 5.75 Å². The maximum Gasteiger partial charge on any atom is 0.303 e. The van der Waals surface area contributed by atoms with Gasteiger partial charge in [-0.15, -0.1) is 0 Å². The van der Waals surface area contributed by atoms with E-state index in [2.05, 4.69) is 0 Å². The molecule has 1 aromatic carbocycles. The van der Waals surface area contributed by atoms with Crippen molar-refractivity contribution in [2.24, 2.45) is 5.41 Å². The summed E-state index contributed by atoms with van der Waals surface area (Å²) in [5.74, 6) is -0.459. The second-order valence-corrected chi connectivity index (χ2v) is 6.71. The zero-order valence-electron chi connectivity index (χ0n) is 11.2. The second kappa shape index (κ2) is 5.91. The largest absolute Gasteiger partial charge is 0.497 e. The zero-order valence-corrected chi connectivity index (χ0v) is 12.0. The average molecular weight is 300 g/mol. The summed E-state index contributed by atoms with van der Waals surface area (Å²) in [6.45, 7) is 0. The molecule has 0 aromatic heterocycles. The molecule has 0 bridgehead atoms. The Hall–Kier alpha value is -1.43. The molecule has 4 nitrogen and oxygen atoms in total. The molecule has 1 saturated carbocycles. The van der Waals surface area contributed by atoms with Crippen molar-refractivity contribution in [2.45, 2.75) is 25.0 Å². The van der Waals surface area contributed by atoms with Gasteiger partial charge in [0.2, 0.25) is 0 Å². The number of methoxy groups -OCH3 is 1. The molecule has 0 amide bonds. The van der Waals surface area contributed by atoms with Gasteiger partial charge in [0.1, 0.15) is 11.6 Å². The van der Waals surface area contributed by atoms with E-state index in [0.717, 1.165) is 12.8 Å². The summed E-state index contributed by atoms with van der Waals surface area (Å²) in [4.78, 5) is 10.7. The number of carboxylic acids is 1. The summed E-state index contributed by atoms with van der Waals surface area (Å²) in [5.41, 5.74) is 0.0369. The van der Waals surface area contributed by atoms with Gasteiger partial charge in [0.25, 0.3) is 0 Å². The Morgan fingerprint density at radius 3 is 2.70 bits per heavy atom. The van der Waals surface area contributed by atoms with Crippen LogP contribution in [0.1, 0.15) is 24.8 Å². The molecule has 6 heteroatoms. The lowest BCUT2D eigenvalue weighted by Gasteiger charge is -2.12. The van der Waals surface area contributed by atoms with Crippen LogP contribution in [0.25, 0.3) is 0 Å². The fourth-order valence-electron chi connectivity index (χ4n) is 2.21. The van der Waals surface area contributed by atoms with Crippen LogP contribution in [-0.2, 0) is 21.3 Å². The number of benzene rings is 1. The molecule has 0 heterocycles. The molecule has 1 atom stereocenters. The first-order valence-electron chi connectivity index (χ1n) is 6.33. The van der Waals surface area contributed by atoms with E-state index < -0.39 is 22.6 Å². The van der Waals surface area contributed by atoms with Crippen LogP contribution >= 0.6 is 0 Å². The van der Waals surface area contributed by atoms with Crippen molar-refractivity contribution in [3.8, 4) is 5.75 Å². The number of rotatable bonds is 7. The normalized spacial score (nSPS) is 17.5. The molecule has 0 saturated heterocycles. The van der Waals surface area contributed by atoms with Gasteiger partial charge >= 0.3 is 5.97 Å². The van der Waals surface area contributed by atoms with Gasteiger partial charge < -0.3 is 9.84 Å². The van der Waals surface area contributed by atoms with E-state index in [4.69, 9.17) is 9.84 Å². The van der Waals surface area contributed by atoms with E-state index in [1.54, 1.807) is 12.1 Å². The van der Waals surface area contributed by atoms with E-state index in [-0.39, 0.29) is 17.6 Å². The third-order valence-electron chi connectivity index (χ3n) is 3.53. The molecule has 0 spiro atoms. The smallest absolute Gasteiger partial charge is 0.303 e. The number of aliphatic carboxylic acids is 1. The average Bonchev–Trinajstić information content (AvgIpc) is 3.09. The molecule has 1 fully saturated rings. The van der Waals surface area contributed by atoms with Gasteiger partial charge in [-0.1, -0.05) is 6.07 Å². The first-order chi connectivity index (χ1) is 9.44. The van der Waals surface area contributed by atoms with E-state index in [0.29, 0.717) is 17.1 Å². The molecule has 2 rings (SSSR count). The summed E-state index contributed by atoms with van der Waals surface area (Å²) in [5, 5.41) is 8.82. The lowest BCUT2D eigenvalue weighted by molar-refractivity contribution is -0.138. The second-order valence-electron chi connectivity index (χ2n) is 5.26. The van der Waals surface area contributed by atoms with E-state index in [1.807, 2.05) is 0 Å². The minimum atomic E-state index is -1.26. The van der Waals surface area contributed by atoms with E-state index >= 15 is 0 Å². The van der Waals surface area contributed by atoms with Gasteiger partial charge in [-0.25, -0.2) is 4.39 Å². The number of carboxylic acid groups (broad SMARTS) is 1. The van der Waals surface area contributed by atoms with Crippen molar-refractivity contribution < 1.29 is 23.2 Å². The van der Waals surface area contributed by atoms with Crippen molar-refractivity contribution in [1.82, 2.24) is 0 Å². The molecule has 1 unspecified atom stereocenters. The summed E-state index contributed by atoms with van der Waals surface area (Å²) in [6, 6.07) is 4.44. The highest BCUT2D eigenvalue weighted by molar-refractivity contribution is 7.84. The maximum atomic E-state index is 13.7. The van der Waals surface area contributed by atoms with Crippen molar-refractivity contribution in [1.29, 1.82) is 0 Å². The van der Waals surface area contributed by atoms with E-state index in [1.165, 1.54) is 13.2 Å². The van der Waals surface area contributed by atoms with Crippen LogP contribution in [0, 0.1) is 11.2 Å². The summed E-state index contributed by atoms with van der Waals surface area (Å²) < 4.78 is 30.7. The SMILES string of the molecule is COc1ccc(CS(=O)CC2(CC(=O)O)CC2)c(F)c1. The Morgan fingerprint density at radius 1 is 1.50 bits per heavy atom. The van der Waals surface area contributed by atoms with Gasteiger partial charge in [0.15, 0.2) is 0 Å². The van der Waals surface area contributed by atoms with Gasteiger partial charge in [-0.2, -0.15) is 0 Å². The number of ether oxygens (including phenoxy) is 1. The van der Waals surface area contributed by atoms with Crippen LogP contribution in [-0.4, -0.2) is 28.1 Å². The lowest BCUT2D eigenvalue weighted by Crippen LogP contribution is -2.17. The molecule has 1 N–H and O–H groups in total. The number of halogens is 1. The molecule has 0 aliphatic heterocycles. The van der Waals surface area contributed by atoms with Crippen LogP contribution in [0.4, 0.5) is 4.39 Å². The van der Waals surface area contributed by atoms with Crippen molar-refractivity contribution in [3.63, 3.8) is 0 Å². The van der Waals surface area contributed by atoms with Crippen LogP contribution in [0.3, 0.4) is 0 Å². The van der Waals surface area contributed by atoms with Gasteiger partial charge in [0, 0.05) is 28.2 Å². The van der Waals surface area contributed by atoms with Crippen molar-refractivity contribution in [3.05, 3.63) is 29.6 Å². The van der Waals surface area contributed by atoms with Gasteiger partial charge in [-0.3, -0.25) is 9.00 Å². The predicted octanol–water partition coefficient (Wildman–Crippen LogP) is 2.34. The Bertz CT molecular complexity index is 540. The number of hydrogen-bond acceptors (Lipinski definition) is 3. The Labute approximate surface area is 119 Å².